The Hall–Kier alpha value is -2.59. The molecule has 1 saturated heterocycles. The molecule has 0 atom stereocenters. The molecule has 1 amide bonds. The van der Waals surface area contributed by atoms with Crippen LogP contribution in [0.15, 0.2) is 86.3 Å². The van der Waals surface area contributed by atoms with Gasteiger partial charge in [0.25, 0.3) is 11.6 Å². The molecule has 4 rings (SSSR count). The molecule has 3 aromatic carbocycles. The average Bonchev–Trinajstić information content (AvgIpc) is 3.08. The molecule has 3 aromatic rings. The Morgan fingerprint density at radius 1 is 1.06 bits per heavy atom. The minimum absolute atomic E-state index is 0.00234. The molecule has 33 heavy (non-hydrogen) atoms. The van der Waals surface area contributed by atoms with Crippen LogP contribution in [0.4, 0.5) is 11.4 Å². The van der Waals surface area contributed by atoms with Gasteiger partial charge in [-0.3, -0.25) is 19.8 Å². The second-order valence-corrected chi connectivity index (χ2v) is 10.8. The maximum Gasteiger partial charge on any atom is 0.283 e. The number of rotatable bonds is 6. The van der Waals surface area contributed by atoms with Crippen molar-refractivity contribution in [3.63, 3.8) is 0 Å². The molecule has 0 radical (unpaired) electrons. The third kappa shape index (κ3) is 5.33. The van der Waals surface area contributed by atoms with Crippen molar-refractivity contribution in [3.05, 3.63) is 92.9 Å². The highest BCUT2D eigenvalue weighted by atomic mass is 32.2. The van der Waals surface area contributed by atoms with Gasteiger partial charge in [0.2, 0.25) is 0 Å². The van der Waals surface area contributed by atoms with E-state index < -0.39 is 4.92 Å². The minimum Gasteiger partial charge on any atom is -0.268 e. The number of nitrogens with zero attached hydrogens (tertiary/aromatic N) is 2. The van der Waals surface area contributed by atoms with Crippen molar-refractivity contribution in [2.24, 2.45) is 0 Å². The van der Waals surface area contributed by atoms with Crippen molar-refractivity contribution in [1.82, 2.24) is 0 Å². The molecule has 166 valence electrons. The largest absolute Gasteiger partial charge is 0.283 e. The summed E-state index contributed by atoms with van der Waals surface area (Å²) in [6.07, 6.45) is 3.63. The van der Waals surface area contributed by atoms with E-state index in [4.69, 9.17) is 12.2 Å². The molecule has 0 aliphatic carbocycles. The van der Waals surface area contributed by atoms with Crippen LogP contribution in [-0.2, 0) is 4.79 Å². The first-order chi connectivity index (χ1) is 15.9. The first kappa shape index (κ1) is 23.6. The number of nitro groups is 1. The van der Waals surface area contributed by atoms with E-state index in [-0.39, 0.29) is 11.6 Å². The molecule has 0 spiro atoms. The Morgan fingerprint density at radius 3 is 2.52 bits per heavy atom. The maximum atomic E-state index is 13.1. The van der Waals surface area contributed by atoms with Gasteiger partial charge in [-0.15, -0.1) is 11.8 Å². The molecule has 0 saturated carbocycles. The van der Waals surface area contributed by atoms with Gasteiger partial charge in [0.15, 0.2) is 4.32 Å². The summed E-state index contributed by atoms with van der Waals surface area (Å²) in [7, 11) is 0. The summed E-state index contributed by atoms with van der Waals surface area (Å²) in [6.45, 7) is 1.99. The SMILES string of the molecule is CSc1cccc(N2C(=O)/C(=C/c3ccc(Sc4ccc(C)cc4)c([N+](=O)[O-])c3)SC2=S)c1. The third-order valence-corrected chi connectivity index (χ3v) is 7.93. The Morgan fingerprint density at radius 2 is 1.82 bits per heavy atom. The van der Waals surface area contributed by atoms with Crippen LogP contribution in [0.25, 0.3) is 6.08 Å². The smallest absolute Gasteiger partial charge is 0.268 e. The zero-order valence-electron chi connectivity index (χ0n) is 17.7. The predicted molar refractivity (Wildman–Crippen MR) is 142 cm³/mol. The number of nitro benzene ring substituents is 1. The van der Waals surface area contributed by atoms with Crippen LogP contribution >= 0.6 is 47.5 Å². The van der Waals surface area contributed by atoms with E-state index in [0.717, 1.165) is 15.4 Å². The highest BCUT2D eigenvalue weighted by Gasteiger charge is 2.33. The third-order valence-electron chi connectivity index (χ3n) is 4.83. The Labute approximate surface area is 209 Å². The highest BCUT2D eigenvalue weighted by Crippen LogP contribution is 2.39. The fraction of sp³-hybridized carbons (Fsp3) is 0.0833. The second kappa shape index (κ2) is 10.1. The lowest BCUT2D eigenvalue weighted by Crippen LogP contribution is -2.27. The van der Waals surface area contributed by atoms with E-state index >= 15 is 0 Å². The summed E-state index contributed by atoms with van der Waals surface area (Å²) in [5.41, 5.74) is 2.41. The molecule has 9 heteroatoms. The zero-order chi connectivity index (χ0) is 23.5. The Kier molecular flexibility index (Phi) is 7.23. The van der Waals surface area contributed by atoms with Gasteiger partial charge in [-0.25, -0.2) is 0 Å². The van der Waals surface area contributed by atoms with Crippen LogP contribution in [0, 0.1) is 17.0 Å². The van der Waals surface area contributed by atoms with Crippen molar-refractivity contribution in [2.45, 2.75) is 21.6 Å². The van der Waals surface area contributed by atoms with E-state index in [0.29, 0.717) is 25.4 Å². The molecule has 0 bridgehead atoms. The lowest BCUT2D eigenvalue weighted by molar-refractivity contribution is -0.387. The molecule has 1 heterocycles. The molecular weight excluding hydrogens is 493 g/mol. The van der Waals surface area contributed by atoms with Crippen molar-refractivity contribution >= 4 is 75.2 Å². The highest BCUT2D eigenvalue weighted by molar-refractivity contribution is 8.27. The van der Waals surface area contributed by atoms with Crippen molar-refractivity contribution in [1.29, 1.82) is 0 Å². The van der Waals surface area contributed by atoms with Crippen LogP contribution in [0.5, 0.6) is 0 Å². The van der Waals surface area contributed by atoms with E-state index in [2.05, 4.69) is 0 Å². The van der Waals surface area contributed by atoms with Gasteiger partial charge in [0, 0.05) is 15.9 Å². The number of anilines is 1. The normalized spacial score (nSPS) is 14.8. The van der Waals surface area contributed by atoms with Gasteiger partial charge < -0.3 is 0 Å². The molecule has 1 fully saturated rings. The van der Waals surface area contributed by atoms with Gasteiger partial charge >= 0.3 is 0 Å². The molecule has 1 aliphatic heterocycles. The summed E-state index contributed by atoms with van der Waals surface area (Å²) < 4.78 is 0.436. The molecule has 0 unspecified atom stereocenters. The minimum atomic E-state index is -0.396. The van der Waals surface area contributed by atoms with E-state index in [1.54, 1.807) is 30.0 Å². The van der Waals surface area contributed by atoms with Crippen molar-refractivity contribution in [3.8, 4) is 0 Å². The first-order valence-electron chi connectivity index (χ1n) is 9.80. The summed E-state index contributed by atoms with van der Waals surface area (Å²) in [6, 6.07) is 20.4. The van der Waals surface area contributed by atoms with Gasteiger partial charge in [-0.05, 0) is 61.2 Å². The molecule has 1 aliphatic rings. The fourth-order valence-electron chi connectivity index (χ4n) is 3.18. The topological polar surface area (TPSA) is 63.5 Å². The fourth-order valence-corrected chi connectivity index (χ4v) is 5.83. The average molecular weight is 511 g/mol. The number of carbonyl (C=O) groups excluding carboxylic acids is 1. The number of thioether (sulfide) groups is 2. The van der Waals surface area contributed by atoms with Crippen LogP contribution in [0.2, 0.25) is 0 Å². The van der Waals surface area contributed by atoms with E-state index in [1.165, 1.54) is 34.5 Å². The predicted octanol–water partition coefficient (Wildman–Crippen LogP) is 7.18. The number of carbonyl (C=O) groups is 1. The lowest BCUT2D eigenvalue weighted by atomic mass is 10.2. The van der Waals surface area contributed by atoms with Crippen LogP contribution < -0.4 is 4.90 Å². The van der Waals surface area contributed by atoms with Crippen molar-refractivity contribution in [2.75, 3.05) is 11.2 Å². The number of aryl methyl sites for hydroxylation is 1. The number of hydrogen-bond acceptors (Lipinski definition) is 7. The summed E-state index contributed by atoms with van der Waals surface area (Å²) in [4.78, 5) is 28.9. The quantitative estimate of drug-likeness (QED) is 0.114. The summed E-state index contributed by atoms with van der Waals surface area (Å²) in [5, 5.41) is 11.7. The van der Waals surface area contributed by atoms with Crippen LogP contribution in [0.3, 0.4) is 0 Å². The first-order valence-corrected chi connectivity index (χ1v) is 13.1. The molecule has 5 nitrogen and oxygen atoms in total. The van der Waals surface area contributed by atoms with Gasteiger partial charge in [0.05, 0.1) is 20.4 Å². The monoisotopic (exact) mass is 510 g/mol. The van der Waals surface area contributed by atoms with Gasteiger partial charge in [0.1, 0.15) is 0 Å². The zero-order valence-corrected chi connectivity index (χ0v) is 20.9. The van der Waals surface area contributed by atoms with Gasteiger partial charge in [-0.2, -0.15) is 0 Å². The van der Waals surface area contributed by atoms with Crippen LogP contribution in [0.1, 0.15) is 11.1 Å². The Bertz CT molecular complexity index is 1290. The molecule has 0 N–H and O–H groups in total. The van der Waals surface area contributed by atoms with Crippen molar-refractivity contribution < 1.29 is 9.72 Å². The maximum absolute atomic E-state index is 13.1. The summed E-state index contributed by atoms with van der Waals surface area (Å²) >= 11 is 9.57. The molecular formula is C24H18N2O3S4. The number of hydrogen-bond donors (Lipinski definition) is 0. The van der Waals surface area contributed by atoms with E-state index in [9.17, 15) is 14.9 Å². The number of thiocarbonyl (C=S) groups is 1. The van der Waals surface area contributed by atoms with Gasteiger partial charge in [-0.1, -0.05) is 65.6 Å². The van der Waals surface area contributed by atoms with Crippen LogP contribution in [-0.4, -0.2) is 21.4 Å². The van der Waals surface area contributed by atoms with E-state index in [1.807, 2.05) is 61.7 Å². The number of benzene rings is 3. The lowest BCUT2D eigenvalue weighted by Gasteiger charge is -2.15. The second-order valence-electron chi connectivity index (χ2n) is 7.12. The summed E-state index contributed by atoms with van der Waals surface area (Å²) in [5.74, 6) is -0.232. The molecule has 0 aromatic heterocycles. The number of amides is 1. The standard InChI is InChI=1S/C24H18N2O3S4/c1-15-6-9-18(10-7-15)32-21-11-8-16(12-20(21)26(28)29)13-22-23(27)25(24(30)33-22)17-4-3-5-19(14-17)31-2/h3-14H,1-2H3/b22-13-. The Balaban J connectivity index is 1.62.